The molecule has 2 saturated heterocycles. The van der Waals surface area contributed by atoms with E-state index in [0.717, 1.165) is 42.5 Å². The summed E-state index contributed by atoms with van der Waals surface area (Å²) in [6.45, 7) is 2.34. The molecule has 0 spiro atoms. The summed E-state index contributed by atoms with van der Waals surface area (Å²) in [5, 5.41) is 7.26. The highest BCUT2D eigenvalue weighted by Crippen LogP contribution is 2.32. The standard InChI is InChI=1S/C17H19BrN4O2.ClH/c18-13-5-3-11(4-6-13)8-15-20-16(24-21-15)14-2-1-7-22(14)17(23)12-9-19-10-12;/h3-6,12,14,19H,1-2,7-10H2;1H. The molecular formula is C17H20BrClN4O2. The van der Waals surface area contributed by atoms with Gasteiger partial charge in [-0.2, -0.15) is 4.98 Å². The molecule has 134 valence electrons. The van der Waals surface area contributed by atoms with Gasteiger partial charge in [0.05, 0.1) is 5.92 Å². The summed E-state index contributed by atoms with van der Waals surface area (Å²) in [5.41, 5.74) is 1.13. The minimum absolute atomic E-state index is 0. The Labute approximate surface area is 160 Å². The third kappa shape index (κ3) is 3.88. The number of rotatable bonds is 4. The number of hydrogen-bond acceptors (Lipinski definition) is 5. The van der Waals surface area contributed by atoms with Gasteiger partial charge in [-0.3, -0.25) is 4.79 Å². The smallest absolute Gasteiger partial charge is 0.249 e. The summed E-state index contributed by atoms with van der Waals surface area (Å²) in [4.78, 5) is 19.0. The Morgan fingerprint density at radius 2 is 2.08 bits per heavy atom. The molecule has 1 aromatic heterocycles. The normalized spacial score (nSPS) is 20.2. The summed E-state index contributed by atoms with van der Waals surface area (Å²) in [6.07, 6.45) is 2.51. The number of likely N-dealkylation sites (tertiary alicyclic amines) is 1. The van der Waals surface area contributed by atoms with Gasteiger partial charge < -0.3 is 14.7 Å². The van der Waals surface area contributed by atoms with Crippen molar-refractivity contribution in [1.29, 1.82) is 0 Å². The van der Waals surface area contributed by atoms with Gasteiger partial charge >= 0.3 is 0 Å². The number of aromatic nitrogens is 2. The Morgan fingerprint density at radius 1 is 1.32 bits per heavy atom. The molecule has 0 bridgehead atoms. The molecule has 25 heavy (non-hydrogen) atoms. The van der Waals surface area contributed by atoms with E-state index in [2.05, 4.69) is 31.4 Å². The molecule has 0 radical (unpaired) electrons. The molecule has 2 fully saturated rings. The quantitative estimate of drug-likeness (QED) is 0.812. The van der Waals surface area contributed by atoms with Crippen LogP contribution in [0.1, 0.15) is 36.2 Å². The number of amides is 1. The SMILES string of the molecule is Cl.O=C(C1CNC1)N1CCCC1c1nc(Cc2ccc(Br)cc2)no1. The van der Waals surface area contributed by atoms with Crippen molar-refractivity contribution in [1.82, 2.24) is 20.4 Å². The van der Waals surface area contributed by atoms with Crippen molar-refractivity contribution in [3.8, 4) is 0 Å². The lowest BCUT2D eigenvalue weighted by molar-refractivity contribution is -0.138. The molecule has 1 aromatic carbocycles. The molecule has 6 nitrogen and oxygen atoms in total. The highest BCUT2D eigenvalue weighted by Gasteiger charge is 2.38. The Morgan fingerprint density at radius 3 is 2.76 bits per heavy atom. The fraction of sp³-hybridized carbons (Fsp3) is 0.471. The van der Waals surface area contributed by atoms with Gasteiger partial charge in [0.2, 0.25) is 11.8 Å². The average Bonchev–Trinajstić information content (AvgIpc) is 3.16. The van der Waals surface area contributed by atoms with E-state index in [-0.39, 0.29) is 30.3 Å². The number of carbonyl (C=O) groups is 1. The Hall–Kier alpha value is -1.44. The van der Waals surface area contributed by atoms with Gasteiger partial charge in [0.1, 0.15) is 6.04 Å². The Kier molecular flexibility index (Phi) is 5.76. The van der Waals surface area contributed by atoms with E-state index in [9.17, 15) is 4.79 Å². The number of hydrogen-bond donors (Lipinski definition) is 1. The second-order valence-corrected chi connectivity index (χ2v) is 7.31. The minimum Gasteiger partial charge on any atom is -0.337 e. The van der Waals surface area contributed by atoms with Gasteiger partial charge in [0.15, 0.2) is 5.82 Å². The summed E-state index contributed by atoms with van der Waals surface area (Å²) >= 11 is 3.43. The first kappa shape index (κ1) is 18.4. The zero-order valence-electron chi connectivity index (χ0n) is 13.7. The van der Waals surface area contributed by atoms with E-state index in [1.54, 1.807) is 0 Å². The van der Waals surface area contributed by atoms with Gasteiger partial charge in [-0.25, -0.2) is 0 Å². The van der Waals surface area contributed by atoms with Crippen LogP contribution in [0.2, 0.25) is 0 Å². The summed E-state index contributed by atoms with van der Waals surface area (Å²) in [7, 11) is 0. The molecule has 1 unspecified atom stereocenters. The Bertz CT molecular complexity index is 733. The van der Waals surface area contributed by atoms with E-state index >= 15 is 0 Å². The number of carbonyl (C=O) groups excluding carboxylic acids is 1. The molecule has 3 heterocycles. The maximum Gasteiger partial charge on any atom is 0.249 e. The molecule has 2 aromatic rings. The molecule has 1 amide bonds. The molecule has 0 aliphatic carbocycles. The first-order valence-corrected chi connectivity index (χ1v) is 9.08. The Balaban J connectivity index is 0.00000182. The molecule has 2 aliphatic rings. The fourth-order valence-corrected chi connectivity index (χ4v) is 3.51. The van der Waals surface area contributed by atoms with Crippen LogP contribution >= 0.6 is 28.3 Å². The lowest BCUT2D eigenvalue weighted by Gasteiger charge is -2.32. The first-order chi connectivity index (χ1) is 11.7. The lowest BCUT2D eigenvalue weighted by Crippen LogP contribution is -2.51. The van der Waals surface area contributed by atoms with Crippen LogP contribution in [0.15, 0.2) is 33.3 Å². The van der Waals surface area contributed by atoms with Crippen LogP contribution in [0.5, 0.6) is 0 Å². The predicted molar refractivity (Wildman–Crippen MR) is 98.5 cm³/mol. The summed E-state index contributed by atoms with van der Waals surface area (Å²) in [5.74, 6) is 1.55. The van der Waals surface area contributed by atoms with E-state index in [1.165, 1.54) is 0 Å². The number of nitrogens with one attached hydrogen (secondary N) is 1. The largest absolute Gasteiger partial charge is 0.337 e. The van der Waals surface area contributed by atoms with Crippen LogP contribution in [-0.4, -0.2) is 40.6 Å². The van der Waals surface area contributed by atoms with Crippen LogP contribution in [-0.2, 0) is 11.2 Å². The van der Waals surface area contributed by atoms with E-state index in [1.807, 2.05) is 29.2 Å². The molecule has 1 atom stereocenters. The number of benzene rings is 1. The third-order valence-corrected chi connectivity index (χ3v) is 5.24. The first-order valence-electron chi connectivity index (χ1n) is 8.29. The zero-order chi connectivity index (χ0) is 16.5. The fourth-order valence-electron chi connectivity index (χ4n) is 3.24. The molecule has 0 saturated carbocycles. The molecule has 8 heteroatoms. The number of nitrogens with zero attached hydrogens (tertiary/aromatic N) is 3. The minimum atomic E-state index is -0.0655. The van der Waals surface area contributed by atoms with Crippen LogP contribution in [0.4, 0.5) is 0 Å². The van der Waals surface area contributed by atoms with Gasteiger partial charge in [0, 0.05) is 30.5 Å². The van der Waals surface area contributed by atoms with Crippen LogP contribution in [0.3, 0.4) is 0 Å². The van der Waals surface area contributed by atoms with E-state index in [0.29, 0.717) is 18.1 Å². The molecule has 1 N–H and O–H groups in total. The third-order valence-electron chi connectivity index (χ3n) is 4.71. The van der Waals surface area contributed by atoms with E-state index < -0.39 is 0 Å². The second kappa shape index (κ2) is 7.85. The van der Waals surface area contributed by atoms with Crippen LogP contribution in [0.25, 0.3) is 0 Å². The van der Waals surface area contributed by atoms with Crippen molar-refractivity contribution in [2.24, 2.45) is 5.92 Å². The van der Waals surface area contributed by atoms with Crippen molar-refractivity contribution in [2.45, 2.75) is 25.3 Å². The summed E-state index contributed by atoms with van der Waals surface area (Å²) < 4.78 is 6.52. The van der Waals surface area contributed by atoms with Crippen LogP contribution in [0, 0.1) is 5.92 Å². The summed E-state index contributed by atoms with van der Waals surface area (Å²) in [6, 6.07) is 8.01. The maximum absolute atomic E-state index is 12.5. The monoisotopic (exact) mass is 426 g/mol. The van der Waals surface area contributed by atoms with Gasteiger partial charge in [0.25, 0.3) is 0 Å². The number of halogens is 2. The molecule has 4 rings (SSSR count). The van der Waals surface area contributed by atoms with Crippen molar-refractivity contribution < 1.29 is 9.32 Å². The molecular weight excluding hydrogens is 408 g/mol. The highest BCUT2D eigenvalue weighted by molar-refractivity contribution is 9.10. The highest BCUT2D eigenvalue weighted by atomic mass is 79.9. The lowest BCUT2D eigenvalue weighted by atomic mass is 10.0. The van der Waals surface area contributed by atoms with Gasteiger partial charge in [-0.15, -0.1) is 12.4 Å². The maximum atomic E-state index is 12.5. The van der Waals surface area contributed by atoms with Gasteiger partial charge in [-0.05, 0) is 30.5 Å². The van der Waals surface area contributed by atoms with Crippen LogP contribution < -0.4 is 5.32 Å². The zero-order valence-corrected chi connectivity index (χ0v) is 16.1. The van der Waals surface area contributed by atoms with Crippen molar-refractivity contribution in [3.05, 3.63) is 46.0 Å². The van der Waals surface area contributed by atoms with E-state index in [4.69, 9.17) is 4.52 Å². The van der Waals surface area contributed by atoms with Crippen molar-refractivity contribution >= 4 is 34.2 Å². The molecule has 2 aliphatic heterocycles. The average molecular weight is 428 g/mol. The van der Waals surface area contributed by atoms with Crippen molar-refractivity contribution in [3.63, 3.8) is 0 Å². The van der Waals surface area contributed by atoms with Crippen molar-refractivity contribution in [2.75, 3.05) is 19.6 Å². The second-order valence-electron chi connectivity index (χ2n) is 6.40. The topological polar surface area (TPSA) is 71.3 Å². The van der Waals surface area contributed by atoms with Gasteiger partial charge in [-0.1, -0.05) is 33.2 Å². The predicted octanol–water partition coefficient (Wildman–Crippen LogP) is 2.73.